The Hall–Kier alpha value is -6.93. The summed E-state index contributed by atoms with van der Waals surface area (Å²) in [7, 11) is 0. The molecule has 0 aliphatic rings. The maximum absolute atomic E-state index is 5.62. The number of imidazole rings is 1. The number of fused-ring (bicyclic) bond motifs is 1. The van der Waals surface area contributed by atoms with Gasteiger partial charge in [0.2, 0.25) is 0 Å². The van der Waals surface area contributed by atoms with Gasteiger partial charge in [-0.25, -0.2) is 14.6 Å². The molecule has 8 heteroatoms. The van der Waals surface area contributed by atoms with E-state index >= 15 is 0 Å². The molecule has 3 heterocycles. The van der Waals surface area contributed by atoms with Crippen molar-refractivity contribution < 1.29 is 4.42 Å². The lowest BCUT2D eigenvalue weighted by atomic mass is 9.77. The van der Waals surface area contributed by atoms with E-state index in [9.17, 15) is 0 Å². The molecule has 0 amide bonds. The molecule has 0 spiro atoms. The molecule has 3 aromatic heterocycles. The van der Waals surface area contributed by atoms with E-state index in [0.29, 0.717) is 18.3 Å². The molecule has 0 aliphatic heterocycles. The summed E-state index contributed by atoms with van der Waals surface area (Å²) in [5.41, 5.74) is 11.5. The fourth-order valence-electron chi connectivity index (χ4n) is 8.13. The number of nitrogens with zero attached hydrogens (tertiary/aromatic N) is 7. The lowest BCUT2D eigenvalue weighted by Gasteiger charge is -2.36. The lowest BCUT2D eigenvalue weighted by molar-refractivity contribution is 0.451. The van der Waals surface area contributed by atoms with Crippen molar-refractivity contribution in [2.75, 3.05) is 0 Å². The summed E-state index contributed by atoms with van der Waals surface area (Å²) in [6, 6.07) is 53.1. The van der Waals surface area contributed by atoms with Crippen molar-refractivity contribution in [3.05, 3.63) is 197 Å². The van der Waals surface area contributed by atoms with Crippen molar-refractivity contribution >= 4 is 11.0 Å². The summed E-state index contributed by atoms with van der Waals surface area (Å²) in [5, 5.41) is 14.2. The Morgan fingerprint density at radius 2 is 1.27 bits per heavy atom. The highest BCUT2D eigenvalue weighted by atomic mass is 16.3. The van der Waals surface area contributed by atoms with Crippen LogP contribution in [0.3, 0.4) is 0 Å². The molecular formula is C48H41N7O. The van der Waals surface area contributed by atoms with Crippen LogP contribution in [0.5, 0.6) is 0 Å². The third-order valence-electron chi connectivity index (χ3n) is 10.7. The first-order chi connectivity index (χ1) is 27.5. The quantitative estimate of drug-likeness (QED) is 0.123. The summed E-state index contributed by atoms with van der Waals surface area (Å²) in [6.07, 6.45) is 3.67. The van der Waals surface area contributed by atoms with Gasteiger partial charge in [-0.1, -0.05) is 147 Å². The molecule has 0 saturated heterocycles. The number of aryl methyl sites for hydroxylation is 3. The minimum atomic E-state index is -0.894. The second-order valence-electron chi connectivity index (χ2n) is 14.2. The fraction of sp³-hybridized carbons (Fsp3) is 0.146. The zero-order valence-electron chi connectivity index (χ0n) is 31.7. The minimum Gasteiger partial charge on any atom is -0.449 e. The van der Waals surface area contributed by atoms with Crippen LogP contribution < -0.4 is 0 Å². The van der Waals surface area contributed by atoms with Gasteiger partial charge in [-0.3, -0.25) is 0 Å². The highest BCUT2D eigenvalue weighted by Crippen LogP contribution is 2.44. The summed E-state index contributed by atoms with van der Waals surface area (Å²) < 4.78 is 9.94. The number of aromatic nitrogens is 7. The molecular weight excluding hydrogens is 691 g/mol. The van der Waals surface area contributed by atoms with E-state index in [1.54, 1.807) is 6.26 Å². The molecule has 0 unspecified atom stereocenters. The van der Waals surface area contributed by atoms with Crippen LogP contribution in [0.25, 0.3) is 44.8 Å². The Morgan fingerprint density at radius 3 is 1.86 bits per heavy atom. The molecule has 9 rings (SSSR count). The SMILES string of the molecule is CCCc1cc(-c2coc(C)n2)cc2c1nc(C)n2Cc1ccc(-c2ccccc2)c(-c2nnnn2C(c2ccccc2)(c2ccccc2)c2ccccc2)c1. The first-order valence-corrected chi connectivity index (χ1v) is 19.1. The van der Waals surface area contributed by atoms with Crippen molar-refractivity contribution in [3.63, 3.8) is 0 Å². The minimum absolute atomic E-state index is 0.597. The predicted octanol–water partition coefficient (Wildman–Crippen LogP) is 10.5. The molecule has 9 aromatic rings. The van der Waals surface area contributed by atoms with Gasteiger partial charge >= 0.3 is 0 Å². The monoisotopic (exact) mass is 731 g/mol. The topological polar surface area (TPSA) is 87.4 Å². The van der Waals surface area contributed by atoms with Crippen molar-refractivity contribution in [2.45, 2.75) is 45.7 Å². The summed E-state index contributed by atoms with van der Waals surface area (Å²) in [5.74, 6) is 2.25. The van der Waals surface area contributed by atoms with E-state index in [1.807, 2.05) is 35.9 Å². The summed E-state index contributed by atoms with van der Waals surface area (Å²) in [6.45, 7) is 6.76. The maximum atomic E-state index is 5.62. The van der Waals surface area contributed by atoms with E-state index in [1.165, 1.54) is 5.56 Å². The van der Waals surface area contributed by atoms with Gasteiger partial charge in [-0.15, -0.1) is 5.10 Å². The summed E-state index contributed by atoms with van der Waals surface area (Å²) >= 11 is 0. The van der Waals surface area contributed by atoms with Crippen LogP contribution >= 0.6 is 0 Å². The van der Waals surface area contributed by atoms with Crippen molar-refractivity contribution in [3.8, 4) is 33.8 Å². The first-order valence-electron chi connectivity index (χ1n) is 19.1. The van der Waals surface area contributed by atoms with Crippen molar-refractivity contribution in [1.29, 1.82) is 0 Å². The molecule has 274 valence electrons. The second kappa shape index (κ2) is 14.7. The van der Waals surface area contributed by atoms with Crippen LogP contribution in [-0.2, 0) is 18.5 Å². The number of benzene rings is 6. The fourth-order valence-corrected chi connectivity index (χ4v) is 8.13. The molecule has 0 bridgehead atoms. The van der Waals surface area contributed by atoms with Gasteiger partial charge in [0.05, 0.1) is 11.0 Å². The van der Waals surface area contributed by atoms with E-state index in [-0.39, 0.29) is 0 Å². The predicted molar refractivity (Wildman–Crippen MR) is 221 cm³/mol. The molecule has 6 aromatic carbocycles. The van der Waals surface area contributed by atoms with E-state index < -0.39 is 5.54 Å². The van der Waals surface area contributed by atoms with Gasteiger partial charge in [0.15, 0.2) is 11.7 Å². The zero-order chi connectivity index (χ0) is 38.1. The molecule has 0 N–H and O–H groups in total. The van der Waals surface area contributed by atoms with E-state index in [2.05, 4.69) is 156 Å². The van der Waals surface area contributed by atoms with Gasteiger partial charge < -0.3 is 8.98 Å². The van der Waals surface area contributed by atoms with Gasteiger partial charge in [-0.2, -0.15) is 0 Å². The molecule has 8 nitrogen and oxygen atoms in total. The van der Waals surface area contributed by atoms with Crippen molar-refractivity contribution in [2.24, 2.45) is 0 Å². The zero-order valence-corrected chi connectivity index (χ0v) is 31.7. The Kier molecular flexibility index (Phi) is 9.15. The van der Waals surface area contributed by atoms with Crippen LogP contribution in [0.15, 0.2) is 162 Å². The summed E-state index contributed by atoms with van der Waals surface area (Å²) in [4.78, 5) is 9.80. The van der Waals surface area contributed by atoms with E-state index in [0.717, 1.165) is 79.9 Å². The van der Waals surface area contributed by atoms with Gasteiger partial charge in [0, 0.05) is 24.6 Å². The number of hydrogen-bond acceptors (Lipinski definition) is 6. The molecule has 0 atom stereocenters. The van der Waals surface area contributed by atoms with Crippen LogP contribution in [-0.4, -0.2) is 34.7 Å². The van der Waals surface area contributed by atoms with Crippen LogP contribution in [0.2, 0.25) is 0 Å². The molecule has 0 saturated carbocycles. The molecule has 0 aliphatic carbocycles. The number of oxazole rings is 1. The van der Waals surface area contributed by atoms with Gasteiger partial charge in [0.25, 0.3) is 0 Å². The Balaban J connectivity index is 1.26. The largest absolute Gasteiger partial charge is 0.449 e. The van der Waals surface area contributed by atoms with E-state index in [4.69, 9.17) is 19.7 Å². The number of rotatable bonds is 11. The maximum Gasteiger partial charge on any atom is 0.191 e. The lowest BCUT2D eigenvalue weighted by Crippen LogP contribution is -2.39. The second-order valence-corrected chi connectivity index (χ2v) is 14.2. The molecule has 56 heavy (non-hydrogen) atoms. The van der Waals surface area contributed by atoms with Crippen molar-refractivity contribution in [1.82, 2.24) is 34.7 Å². The molecule has 0 fully saturated rings. The standard InChI is InChI=1S/C48H41N7O/c1-4-17-37-29-38(44-32-56-34(3)50-44)30-45-46(37)49-33(2)54(45)31-35-26-27-42(36-18-9-5-10-19-36)43(28-35)47-51-52-53-55(47)48(39-20-11-6-12-21-39,40-22-13-7-14-23-40)41-24-15-8-16-25-41/h5-16,18-30,32H,4,17,31H2,1-3H3. The normalized spacial score (nSPS) is 11.7. The Morgan fingerprint density at radius 1 is 0.643 bits per heavy atom. The third-order valence-corrected chi connectivity index (χ3v) is 10.7. The highest BCUT2D eigenvalue weighted by molar-refractivity contribution is 5.86. The van der Waals surface area contributed by atoms with Crippen LogP contribution in [0, 0.1) is 13.8 Å². The number of tetrazole rings is 1. The average Bonchev–Trinajstić information content (AvgIpc) is 3.99. The van der Waals surface area contributed by atoms with Crippen LogP contribution in [0.1, 0.15) is 52.9 Å². The van der Waals surface area contributed by atoms with Crippen LogP contribution in [0.4, 0.5) is 0 Å². The van der Waals surface area contributed by atoms with Gasteiger partial charge in [-0.05, 0) is 80.9 Å². The van der Waals surface area contributed by atoms with Gasteiger partial charge in [0.1, 0.15) is 23.3 Å². The Bertz CT molecular complexity index is 2660. The Labute approximate surface area is 326 Å². The number of hydrogen-bond donors (Lipinski definition) is 0. The third kappa shape index (κ3) is 6.09. The molecule has 0 radical (unpaired) electrons. The first kappa shape index (κ1) is 34.8. The smallest absolute Gasteiger partial charge is 0.191 e. The average molecular weight is 732 g/mol. The highest BCUT2D eigenvalue weighted by Gasteiger charge is 2.42.